The van der Waals surface area contributed by atoms with Crippen molar-refractivity contribution >= 4 is 17.9 Å². The summed E-state index contributed by atoms with van der Waals surface area (Å²) in [6.07, 6.45) is 5.07. The number of carbonyl (C=O) groups excluding carboxylic acids is 3. The first-order chi connectivity index (χ1) is 16.5. The van der Waals surface area contributed by atoms with Gasteiger partial charge in [-0.2, -0.15) is 0 Å². The van der Waals surface area contributed by atoms with Gasteiger partial charge >= 0.3 is 6.09 Å². The first-order valence-electron chi connectivity index (χ1n) is 13.1. The van der Waals surface area contributed by atoms with E-state index in [4.69, 9.17) is 4.74 Å². The Hall–Kier alpha value is -2.57. The number of ether oxygens (including phenoxy) is 1. The lowest BCUT2D eigenvalue weighted by molar-refractivity contribution is -0.143. The Morgan fingerprint density at radius 3 is 2.11 bits per heavy atom. The van der Waals surface area contributed by atoms with E-state index in [9.17, 15) is 14.4 Å². The van der Waals surface area contributed by atoms with Gasteiger partial charge in [-0.3, -0.25) is 9.59 Å². The van der Waals surface area contributed by atoms with Gasteiger partial charge < -0.3 is 20.3 Å². The fraction of sp³-hybridized carbons (Fsp3) is 0.679. The van der Waals surface area contributed by atoms with Crippen LogP contribution < -0.4 is 10.6 Å². The van der Waals surface area contributed by atoms with Crippen molar-refractivity contribution < 1.29 is 19.1 Å². The highest BCUT2D eigenvalue weighted by atomic mass is 16.6. The molecule has 0 bridgehead atoms. The second kappa shape index (κ2) is 15.4. The summed E-state index contributed by atoms with van der Waals surface area (Å²) in [5, 5.41) is 5.78. The Kier molecular flexibility index (Phi) is 13.4. The van der Waals surface area contributed by atoms with Crippen LogP contribution in [0.3, 0.4) is 0 Å². The summed E-state index contributed by atoms with van der Waals surface area (Å²) < 4.78 is 5.42. The second-order valence-electron chi connectivity index (χ2n) is 10.4. The maximum atomic E-state index is 14.0. The molecule has 2 unspecified atom stereocenters. The summed E-state index contributed by atoms with van der Waals surface area (Å²) in [5.41, 5.74) is 0.0744. The molecule has 1 rings (SSSR count). The molecule has 198 valence electrons. The molecule has 1 aromatic carbocycles. The number of alkyl carbamates (subject to hydrolysis) is 1. The maximum Gasteiger partial charge on any atom is 0.408 e. The fourth-order valence-electron chi connectivity index (χ4n) is 3.80. The van der Waals surface area contributed by atoms with E-state index in [2.05, 4.69) is 24.5 Å². The number of nitrogens with one attached hydrogen (secondary N) is 2. The summed E-state index contributed by atoms with van der Waals surface area (Å²) in [4.78, 5) is 41.6. The van der Waals surface area contributed by atoms with Crippen molar-refractivity contribution in [3.8, 4) is 0 Å². The highest BCUT2D eigenvalue weighted by Crippen LogP contribution is 2.25. The van der Waals surface area contributed by atoms with Gasteiger partial charge in [-0.25, -0.2) is 4.79 Å². The highest BCUT2D eigenvalue weighted by Gasteiger charge is 2.37. The topological polar surface area (TPSA) is 87.7 Å². The van der Waals surface area contributed by atoms with Gasteiger partial charge in [0.15, 0.2) is 0 Å². The lowest BCUT2D eigenvalue weighted by atomic mass is 9.98. The number of hydrogen-bond donors (Lipinski definition) is 2. The Morgan fingerprint density at radius 1 is 0.943 bits per heavy atom. The van der Waals surface area contributed by atoms with E-state index in [0.29, 0.717) is 13.1 Å². The minimum atomic E-state index is -0.814. The number of hydrogen-bond acceptors (Lipinski definition) is 4. The Morgan fingerprint density at radius 2 is 1.57 bits per heavy atom. The van der Waals surface area contributed by atoms with Crippen LogP contribution in [0.15, 0.2) is 30.3 Å². The van der Waals surface area contributed by atoms with Crippen molar-refractivity contribution in [1.29, 1.82) is 0 Å². The van der Waals surface area contributed by atoms with E-state index in [0.717, 1.165) is 44.1 Å². The Labute approximate surface area is 212 Å². The standard InChI is InChI=1S/C28H47N3O4/c1-8-10-12-16-20-31(26(33)23(21(3)4)30-27(34)35-28(5,6)7)24(22-17-14-13-15-18-22)25(32)29-19-11-9-2/h13-15,17-18,21,23-24H,8-12,16,19-20H2,1-7H3,(H,29,32)(H,30,34). The van der Waals surface area contributed by atoms with Crippen LogP contribution in [0.2, 0.25) is 0 Å². The monoisotopic (exact) mass is 489 g/mol. The Bertz CT molecular complexity index is 774. The van der Waals surface area contributed by atoms with Gasteiger partial charge in [0.25, 0.3) is 0 Å². The zero-order valence-electron chi connectivity index (χ0n) is 22.9. The third-order valence-corrected chi connectivity index (χ3v) is 5.65. The predicted octanol–water partition coefficient (Wildman–Crippen LogP) is 5.60. The van der Waals surface area contributed by atoms with Gasteiger partial charge in [0.05, 0.1) is 0 Å². The van der Waals surface area contributed by atoms with Crippen LogP contribution in [-0.2, 0) is 14.3 Å². The molecule has 0 saturated heterocycles. The average molecular weight is 490 g/mol. The van der Waals surface area contributed by atoms with Crippen molar-refractivity contribution in [2.24, 2.45) is 5.92 Å². The molecule has 0 fully saturated rings. The van der Waals surface area contributed by atoms with Crippen molar-refractivity contribution in [2.45, 2.75) is 105 Å². The third kappa shape index (κ3) is 11.1. The number of benzene rings is 1. The number of rotatable bonds is 14. The van der Waals surface area contributed by atoms with Crippen LogP contribution in [0.1, 0.15) is 98.6 Å². The molecule has 2 atom stereocenters. The largest absolute Gasteiger partial charge is 0.444 e. The van der Waals surface area contributed by atoms with Crippen LogP contribution in [0.5, 0.6) is 0 Å². The highest BCUT2D eigenvalue weighted by molar-refractivity contribution is 5.92. The van der Waals surface area contributed by atoms with E-state index >= 15 is 0 Å². The maximum absolute atomic E-state index is 14.0. The van der Waals surface area contributed by atoms with Crippen molar-refractivity contribution in [3.63, 3.8) is 0 Å². The summed E-state index contributed by atoms with van der Waals surface area (Å²) in [7, 11) is 0. The summed E-state index contributed by atoms with van der Waals surface area (Å²) in [5.74, 6) is -0.664. The van der Waals surface area contributed by atoms with Gasteiger partial charge in [0.1, 0.15) is 17.7 Å². The zero-order valence-corrected chi connectivity index (χ0v) is 22.9. The lowest BCUT2D eigenvalue weighted by Crippen LogP contribution is -2.55. The van der Waals surface area contributed by atoms with Gasteiger partial charge in [0, 0.05) is 13.1 Å². The minimum Gasteiger partial charge on any atom is -0.444 e. The fourth-order valence-corrected chi connectivity index (χ4v) is 3.80. The average Bonchev–Trinajstić information content (AvgIpc) is 2.78. The molecule has 0 saturated carbocycles. The Balaban J connectivity index is 3.33. The van der Waals surface area contributed by atoms with Gasteiger partial charge in [-0.05, 0) is 45.1 Å². The normalized spacial score (nSPS) is 13.1. The second-order valence-corrected chi connectivity index (χ2v) is 10.4. The van der Waals surface area contributed by atoms with E-state index < -0.39 is 23.8 Å². The summed E-state index contributed by atoms with van der Waals surface area (Å²) in [6.45, 7) is 14.3. The first-order valence-corrected chi connectivity index (χ1v) is 13.1. The van der Waals surface area contributed by atoms with Crippen LogP contribution in [0, 0.1) is 5.92 Å². The molecule has 0 heterocycles. The molecule has 0 aliphatic carbocycles. The van der Waals surface area contributed by atoms with E-state index in [1.54, 1.807) is 25.7 Å². The van der Waals surface area contributed by atoms with Gasteiger partial charge in [0.2, 0.25) is 11.8 Å². The molecule has 3 amide bonds. The summed E-state index contributed by atoms with van der Waals surface area (Å²) in [6, 6.07) is 7.81. The predicted molar refractivity (Wildman–Crippen MR) is 141 cm³/mol. The summed E-state index contributed by atoms with van der Waals surface area (Å²) >= 11 is 0. The molecule has 0 spiro atoms. The molecule has 0 radical (unpaired) electrons. The molecule has 35 heavy (non-hydrogen) atoms. The molecular formula is C28H47N3O4. The molecule has 1 aromatic rings. The van der Waals surface area contributed by atoms with Gasteiger partial charge in [-0.15, -0.1) is 0 Å². The smallest absolute Gasteiger partial charge is 0.408 e. The van der Waals surface area contributed by atoms with Crippen LogP contribution >= 0.6 is 0 Å². The van der Waals surface area contributed by atoms with Crippen LogP contribution in [-0.4, -0.2) is 47.5 Å². The number of carbonyl (C=O) groups is 3. The van der Waals surface area contributed by atoms with Crippen LogP contribution in [0.25, 0.3) is 0 Å². The quantitative estimate of drug-likeness (QED) is 0.333. The molecule has 2 N–H and O–H groups in total. The van der Waals surface area contributed by atoms with Crippen molar-refractivity contribution in [2.75, 3.05) is 13.1 Å². The van der Waals surface area contributed by atoms with Crippen molar-refractivity contribution in [3.05, 3.63) is 35.9 Å². The van der Waals surface area contributed by atoms with Crippen LogP contribution in [0.4, 0.5) is 4.79 Å². The molecule has 0 aliphatic rings. The number of nitrogens with zero attached hydrogens (tertiary/aromatic N) is 1. The number of amides is 3. The molecule has 0 aromatic heterocycles. The molecule has 0 aliphatic heterocycles. The number of unbranched alkanes of at least 4 members (excludes halogenated alkanes) is 4. The molecule has 7 heteroatoms. The third-order valence-electron chi connectivity index (χ3n) is 5.65. The van der Waals surface area contributed by atoms with E-state index in [-0.39, 0.29) is 17.7 Å². The van der Waals surface area contributed by atoms with E-state index in [1.165, 1.54) is 0 Å². The zero-order chi connectivity index (χ0) is 26.4. The van der Waals surface area contributed by atoms with Gasteiger partial charge in [-0.1, -0.05) is 83.7 Å². The van der Waals surface area contributed by atoms with Crippen molar-refractivity contribution in [1.82, 2.24) is 15.5 Å². The SMILES string of the molecule is CCCCCCN(C(=O)C(NC(=O)OC(C)(C)C)C(C)C)C(C(=O)NCCCC)c1ccccc1. The lowest BCUT2D eigenvalue weighted by Gasteiger charge is -2.35. The molecular weight excluding hydrogens is 442 g/mol. The van der Waals surface area contributed by atoms with E-state index in [1.807, 2.05) is 44.2 Å². The first kappa shape index (κ1) is 30.5. The molecule has 7 nitrogen and oxygen atoms in total. The minimum absolute atomic E-state index is 0.187.